The first-order valence-corrected chi connectivity index (χ1v) is 45.5. The predicted molar refractivity (Wildman–Crippen MR) is 550 cm³/mol. The van der Waals surface area contributed by atoms with Gasteiger partial charge in [0.2, 0.25) is 0 Å². The second-order valence-electron chi connectivity index (χ2n) is 39.6. The molecule has 0 saturated carbocycles. The van der Waals surface area contributed by atoms with Crippen LogP contribution in [0.15, 0.2) is 403 Å². The summed E-state index contributed by atoms with van der Waals surface area (Å²) in [6, 6.07) is 149. The zero-order chi connectivity index (χ0) is 87.9. The Hall–Kier alpha value is -14.8. The van der Waals surface area contributed by atoms with Crippen molar-refractivity contribution in [3.05, 3.63) is 417 Å². The van der Waals surface area contributed by atoms with E-state index in [1.54, 1.807) is 0 Å². The Kier molecular flexibility index (Phi) is 19.3. The van der Waals surface area contributed by atoms with E-state index in [1.165, 1.54) is 38.6 Å². The van der Waals surface area contributed by atoms with Gasteiger partial charge in [0.05, 0.1) is 11.4 Å². The van der Waals surface area contributed by atoms with Crippen LogP contribution >= 0.6 is 0 Å². The zero-order valence-electron chi connectivity index (χ0n) is 75.3. The molecule has 4 heterocycles. The first-order valence-electron chi connectivity index (χ1n) is 45.5. The summed E-state index contributed by atoms with van der Waals surface area (Å²) in [5.74, 6) is 0. The van der Waals surface area contributed by atoms with Gasteiger partial charge in [0, 0.05) is 66.5 Å². The highest BCUT2D eigenvalue weighted by atomic mass is 16.3. The van der Waals surface area contributed by atoms with Crippen LogP contribution in [0.1, 0.15) is 105 Å². The molecule has 0 fully saturated rings. The minimum Gasteiger partial charge on any atom is -0.456 e. The highest BCUT2D eigenvalue weighted by Crippen LogP contribution is 2.58. The second-order valence-corrected chi connectivity index (χ2v) is 39.6. The lowest BCUT2D eigenvalue weighted by atomic mass is 9.33. The summed E-state index contributed by atoms with van der Waals surface area (Å²) in [7, 11) is 0. The fourth-order valence-corrected chi connectivity index (χ4v) is 20.1. The Morgan fingerprint density at radius 1 is 0.194 bits per heavy atom. The van der Waals surface area contributed by atoms with E-state index in [2.05, 4.69) is 487 Å². The lowest BCUT2D eigenvalue weighted by Gasteiger charge is -2.46. The second kappa shape index (κ2) is 31.1. The van der Waals surface area contributed by atoms with Crippen LogP contribution in [0.3, 0.4) is 0 Å². The summed E-state index contributed by atoms with van der Waals surface area (Å²) in [5, 5.41) is 4.23. The quantitative estimate of drug-likeness (QED) is 0.108. The number of benzene rings is 18. The molecule has 622 valence electrons. The van der Waals surface area contributed by atoms with Gasteiger partial charge in [0.1, 0.15) is 22.3 Å². The van der Waals surface area contributed by atoms with E-state index in [0.29, 0.717) is 0 Å². The van der Waals surface area contributed by atoms with Crippen molar-refractivity contribution < 1.29 is 8.83 Å². The molecule has 129 heavy (non-hydrogen) atoms. The van der Waals surface area contributed by atoms with Gasteiger partial charge in [-0.05, 0) is 270 Å². The molecule has 20 aromatic rings. The van der Waals surface area contributed by atoms with Crippen molar-refractivity contribution in [2.75, 3.05) is 9.80 Å². The van der Waals surface area contributed by atoms with Gasteiger partial charge in [-0.1, -0.05) is 368 Å². The van der Waals surface area contributed by atoms with Gasteiger partial charge in [-0.3, -0.25) is 0 Å². The summed E-state index contributed by atoms with van der Waals surface area (Å²) >= 11 is 0. The van der Waals surface area contributed by atoms with Crippen molar-refractivity contribution in [2.24, 2.45) is 0 Å². The average Bonchev–Trinajstić information content (AvgIpc) is 0.831. The van der Waals surface area contributed by atoms with Crippen molar-refractivity contribution in [1.82, 2.24) is 0 Å². The highest BCUT2D eigenvalue weighted by Gasteiger charge is 2.47. The summed E-state index contributed by atoms with van der Waals surface area (Å²) in [4.78, 5) is 5.51. The molecule has 22 rings (SSSR count). The minimum absolute atomic E-state index is 0.229. The van der Waals surface area contributed by atoms with Crippen LogP contribution in [0.2, 0.25) is 0 Å². The number of hydrogen-bond donors (Lipinski definition) is 0. The van der Waals surface area contributed by atoms with Crippen LogP contribution in [0, 0.1) is 0 Å². The first-order chi connectivity index (χ1) is 62.5. The first kappa shape index (κ1) is 80.1. The van der Waals surface area contributed by atoms with Gasteiger partial charge in [-0.25, -0.2) is 0 Å². The summed E-state index contributed by atoms with van der Waals surface area (Å²) in [6.07, 6.45) is 0. The largest absolute Gasteiger partial charge is 0.456 e. The number of para-hydroxylation sites is 2. The summed E-state index contributed by atoms with van der Waals surface area (Å²) in [5.41, 5.74) is 41.8. The number of anilines is 6. The van der Waals surface area contributed by atoms with Crippen LogP contribution in [0.5, 0.6) is 0 Å². The van der Waals surface area contributed by atoms with E-state index >= 15 is 0 Å². The highest BCUT2D eigenvalue weighted by molar-refractivity contribution is 7.00. The van der Waals surface area contributed by atoms with Gasteiger partial charge in [-0.2, -0.15) is 0 Å². The lowest BCUT2D eigenvalue weighted by molar-refractivity contribution is 0.569. The summed E-state index contributed by atoms with van der Waals surface area (Å²) in [6.45, 7) is 28.0. The minimum atomic E-state index is -0.402. The number of hydrogen-bond acceptors (Lipinski definition) is 4. The number of rotatable bonds is 13. The monoisotopic (exact) mass is 1660 g/mol. The van der Waals surface area contributed by atoms with Crippen LogP contribution in [0.4, 0.5) is 34.1 Å². The van der Waals surface area contributed by atoms with Crippen molar-refractivity contribution in [3.63, 3.8) is 0 Å². The SMILES string of the molecule is CC(C)(C)c1cc(-c2cc3c4c(c2)N(c2c(-c5cccc6oc7ccccc7c56)cc(C(C)(C)C)cc2-c2cccc5oc6ccccc6c25)c2ccc(-c5cc(-c6ccccc6)cc(-c6ccccc6)c5)cc2B4c2ccc(-c4cc(-c5ccccc5)cc(-c5ccccc5)c4)cc2N3c2c(-c3ccccc3)cc(C(C)(C)C)cc2-c2ccccc2)cc(C(C)(C)C)c1. The number of nitrogens with zero attached hydrogens (tertiary/aromatic N) is 2. The molecule has 0 atom stereocenters. The molecule has 2 aliphatic rings. The summed E-state index contributed by atoms with van der Waals surface area (Å²) < 4.78 is 14.2. The van der Waals surface area contributed by atoms with Crippen LogP contribution in [0.25, 0.3) is 166 Å². The molecule has 0 N–H and O–H groups in total. The molecule has 2 aromatic heterocycles. The molecule has 0 saturated heterocycles. The van der Waals surface area contributed by atoms with E-state index in [-0.39, 0.29) is 21.7 Å². The molecular formula is C124H101BN2O2. The Balaban J connectivity index is 0.958. The maximum Gasteiger partial charge on any atom is 0.252 e. The normalized spacial score (nSPS) is 12.8. The van der Waals surface area contributed by atoms with Gasteiger partial charge in [-0.15, -0.1) is 0 Å². The molecular weight excluding hydrogens is 1560 g/mol. The Morgan fingerprint density at radius 3 is 0.899 bits per heavy atom. The molecule has 0 amide bonds. The maximum atomic E-state index is 7.09. The van der Waals surface area contributed by atoms with Crippen molar-refractivity contribution in [1.29, 1.82) is 0 Å². The third kappa shape index (κ3) is 14.3. The molecule has 5 heteroatoms. The Labute approximate surface area is 758 Å². The number of furan rings is 2. The maximum absolute atomic E-state index is 7.09. The molecule has 0 radical (unpaired) electrons. The van der Waals surface area contributed by atoms with E-state index in [9.17, 15) is 0 Å². The fourth-order valence-electron chi connectivity index (χ4n) is 20.1. The van der Waals surface area contributed by atoms with Crippen molar-refractivity contribution >= 4 is 101 Å². The van der Waals surface area contributed by atoms with Gasteiger partial charge >= 0.3 is 0 Å². The number of fused-ring (bicyclic) bond motifs is 10. The average molecular weight is 1660 g/mol. The van der Waals surface area contributed by atoms with E-state index in [1.807, 2.05) is 0 Å². The predicted octanol–water partition coefficient (Wildman–Crippen LogP) is 33.1. The third-order valence-corrected chi connectivity index (χ3v) is 27.0. The Bertz CT molecular complexity index is 7460. The molecule has 18 aromatic carbocycles. The third-order valence-electron chi connectivity index (χ3n) is 27.0. The Morgan fingerprint density at radius 2 is 0.496 bits per heavy atom. The molecule has 0 bridgehead atoms. The van der Waals surface area contributed by atoms with Crippen LogP contribution in [-0.4, -0.2) is 6.71 Å². The standard InChI is InChI=1S/C124H101BN2O2/c1-121(2,3)94-67-92(68-95(73-94)122(4,5)6)93-71-110-118-111(72-93)127(119-102(82-45-27-17-28-46-82)74-96(123(7,8)9)75-103(119)83-47-29-18-30-48-83)109-70-85(91-65-88(80-41-23-15-24-42-80)62-89(66-91)81-43-25-16-26-44-81)57-59-106(109)125(118)107-69-84(90-63-86(78-37-19-13-20-38-78)61-87(64-90)79-39-21-14-22-40-79)58-60-108(107)126(110)120-104(98-51-35-55-114-116(98)100-49-31-33-53-112(100)128-114)76-97(124(10,11)12)77-105(120)99-52-36-56-115-117(99)101-50-32-34-54-113(101)129-115/h13-77H,1-12H3. The van der Waals surface area contributed by atoms with E-state index < -0.39 is 6.71 Å². The van der Waals surface area contributed by atoms with Crippen molar-refractivity contribution in [2.45, 2.75) is 105 Å². The lowest BCUT2D eigenvalue weighted by Crippen LogP contribution is -2.61. The van der Waals surface area contributed by atoms with E-state index in [4.69, 9.17) is 8.83 Å². The smallest absolute Gasteiger partial charge is 0.252 e. The molecule has 4 nitrogen and oxygen atoms in total. The van der Waals surface area contributed by atoms with E-state index in [0.717, 1.165) is 200 Å². The zero-order valence-corrected chi connectivity index (χ0v) is 75.3. The molecule has 0 aliphatic carbocycles. The molecule has 2 aliphatic heterocycles. The topological polar surface area (TPSA) is 32.8 Å². The van der Waals surface area contributed by atoms with Crippen molar-refractivity contribution in [3.8, 4) is 122 Å². The van der Waals surface area contributed by atoms with Crippen LogP contribution in [-0.2, 0) is 21.7 Å². The van der Waals surface area contributed by atoms with Gasteiger partial charge in [0.25, 0.3) is 6.71 Å². The van der Waals surface area contributed by atoms with Crippen LogP contribution < -0.4 is 26.2 Å². The molecule has 0 spiro atoms. The fraction of sp³-hybridized carbons (Fsp3) is 0.129. The molecule has 0 unspecified atom stereocenters. The van der Waals surface area contributed by atoms with Gasteiger partial charge < -0.3 is 18.6 Å². The van der Waals surface area contributed by atoms with Gasteiger partial charge in [0.15, 0.2) is 0 Å².